The van der Waals surface area contributed by atoms with Crippen LogP contribution in [0.3, 0.4) is 0 Å². The van der Waals surface area contributed by atoms with Crippen molar-refractivity contribution in [2.45, 2.75) is 32.8 Å². The van der Waals surface area contributed by atoms with Crippen LogP contribution in [0, 0.1) is 0 Å². The molecule has 0 aromatic carbocycles. The number of carbonyl (C=O) groups excluding carboxylic acids is 2. The number of ether oxygens (including phenoxy) is 2. The highest BCUT2D eigenvalue weighted by Crippen LogP contribution is 2.06. The summed E-state index contributed by atoms with van der Waals surface area (Å²) in [5.41, 5.74) is -0.504. The van der Waals surface area contributed by atoms with Gasteiger partial charge in [0.2, 0.25) is 0 Å². The van der Waals surface area contributed by atoms with Gasteiger partial charge in [-0.3, -0.25) is 4.79 Å². The Hall–Kier alpha value is -1.98. The average Bonchev–Trinajstić information content (AvgIpc) is 2.47. The number of alkyl carbamates (subject to hydrolysis) is 1. The van der Waals surface area contributed by atoms with Crippen LogP contribution < -0.4 is 5.32 Å². The number of amides is 2. The molecular weight excluding hydrogens is 248 g/mol. The Kier molecular flexibility index (Phi) is 5.41. The van der Waals surface area contributed by atoms with E-state index in [4.69, 9.17) is 9.47 Å². The number of hydrogen-bond acceptors (Lipinski definition) is 4. The second-order valence-corrected chi connectivity index (χ2v) is 5.04. The van der Waals surface area contributed by atoms with Gasteiger partial charge in [-0.1, -0.05) is 0 Å². The zero-order valence-electron chi connectivity index (χ0n) is 11.5. The van der Waals surface area contributed by atoms with Crippen molar-refractivity contribution in [1.82, 2.24) is 10.2 Å². The van der Waals surface area contributed by atoms with E-state index in [1.807, 2.05) is 0 Å². The summed E-state index contributed by atoms with van der Waals surface area (Å²) in [5, 5.41) is 2.64. The van der Waals surface area contributed by atoms with Crippen LogP contribution >= 0.6 is 0 Å². The molecule has 106 valence electrons. The molecule has 1 rings (SSSR count). The molecule has 0 saturated carbocycles. The molecule has 0 atom stereocenters. The van der Waals surface area contributed by atoms with Crippen LogP contribution in [0.5, 0.6) is 0 Å². The minimum Gasteiger partial charge on any atom is -0.471 e. The van der Waals surface area contributed by atoms with Crippen LogP contribution in [0.25, 0.3) is 0 Å². The molecule has 0 aromatic rings. The van der Waals surface area contributed by atoms with Crippen LogP contribution in [0.15, 0.2) is 24.8 Å². The van der Waals surface area contributed by atoms with E-state index >= 15 is 0 Å². The van der Waals surface area contributed by atoms with Gasteiger partial charge in [0.25, 0.3) is 5.91 Å². The standard InChI is InChI=1S/C13H20N2O4/c1-13(2,3)19-12(17)14-6-4-7-15-8-10-18-9-5-11(15)16/h5,8-10H,4,6-7H2,1-3H3,(H,14,17). The quantitative estimate of drug-likeness (QED) is 0.789. The molecule has 0 aromatic heterocycles. The lowest BCUT2D eigenvalue weighted by atomic mass is 10.2. The molecule has 0 radical (unpaired) electrons. The number of nitrogens with one attached hydrogen (secondary N) is 1. The normalized spacial score (nSPS) is 14.9. The molecule has 0 saturated heterocycles. The van der Waals surface area contributed by atoms with Crippen molar-refractivity contribution in [2.75, 3.05) is 13.1 Å². The van der Waals surface area contributed by atoms with E-state index in [2.05, 4.69) is 5.32 Å². The molecule has 19 heavy (non-hydrogen) atoms. The molecule has 1 heterocycles. The van der Waals surface area contributed by atoms with Crippen LogP contribution in [0.4, 0.5) is 4.79 Å². The topological polar surface area (TPSA) is 67.9 Å². The van der Waals surface area contributed by atoms with E-state index in [-0.39, 0.29) is 5.91 Å². The summed E-state index contributed by atoms with van der Waals surface area (Å²) in [7, 11) is 0. The first kappa shape index (κ1) is 15.1. The van der Waals surface area contributed by atoms with Crippen LogP contribution in [0.1, 0.15) is 27.2 Å². The molecule has 6 nitrogen and oxygen atoms in total. The molecule has 0 unspecified atom stereocenters. The van der Waals surface area contributed by atoms with Crippen LogP contribution in [0.2, 0.25) is 0 Å². The monoisotopic (exact) mass is 268 g/mol. The van der Waals surface area contributed by atoms with E-state index in [1.54, 1.807) is 27.0 Å². The average molecular weight is 268 g/mol. The van der Waals surface area contributed by atoms with E-state index in [9.17, 15) is 9.59 Å². The molecule has 1 N–H and O–H groups in total. The maximum atomic E-state index is 11.5. The first-order chi connectivity index (χ1) is 8.88. The second-order valence-electron chi connectivity index (χ2n) is 5.04. The van der Waals surface area contributed by atoms with Gasteiger partial charge in [-0.15, -0.1) is 0 Å². The van der Waals surface area contributed by atoms with Gasteiger partial charge in [0.05, 0.1) is 6.26 Å². The predicted molar refractivity (Wildman–Crippen MR) is 69.9 cm³/mol. The Morgan fingerprint density at radius 1 is 1.42 bits per heavy atom. The van der Waals surface area contributed by atoms with Gasteiger partial charge in [0.15, 0.2) is 0 Å². The lowest BCUT2D eigenvalue weighted by molar-refractivity contribution is -0.123. The second kappa shape index (κ2) is 6.82. The van der Waals surface area contributed by atoms with Crippen molar-refractivity contribution in [2.24, 2.45) is 0 Å². The Morgan fingerprint density at radius 2 is 2.16 bits per heavy atom. The third kappa shape index (κ3) is 6.49. The van der Waals surface area contributed by atoms with Crippen molar-refractivity contribution in [3.8, 4) is 0 Å². The summed E-state index contributed by atoms with van der Waals surface area (Å²) in [5.74, 6) is -0.147. The van der Waals surface area contributed by atoms with Gasteiger partial charge in [-0.25, -0.2) is 4.79 Å². The summed E-state index contributed by atoms with van der Waals surface area (Å²) in [6.45, 7) is 6.36. The minimum absolute atomic E-state index is 0.147. The van der Waals surface area contributed by atoms with Crippen molar-refractivity contribution in [3.63, 3.8) is 0 Å². The number of rotatable bonds is 4. The molecule has 2 amide bonds. The van der Waals surface area contributed by atoms with Gasteiger partial charge in [0.1, 0.15) is 11.9 Å². The number of nitrogens with zero attached hydrogens (tertiary/aromatic N) is 1. The molecule has 0 bridgehead atoms. The van der Waals surface area contributed by atoms with E-state index < -0.39 is 11.7 Å². The molecular formula is C13H20N2O4. The molecule has 0 fully saturated rings. The summed E-state index contributed by atoms with van der Waals surface area (Å²) in [6.07, 6.45) is 5.86. The van der Waals surface area contributed by atoms with Crippen molar-refractivity contribution in [1.29, 1.82) is 0 Å². The maximum absolute atomic E-state index is 11.5. The van der Waals surface area contributed by atoms with Gasteiger partial charge in [-0.05, 0) is 27.2 Å². The Bertz CT molecular complexity index is 383. The summed E-state index contributed by atoms with van der Waals surface area (Å²) in [6, 6.07) is 0. The molecule has 1 aliphatic heterocycles. The molecule has 0 spiro atoms. The highest BCUT2D eigenvalue weighted by atomic mass is 16.6. The van der Waals surface area contributed by atoms with Gasteiger partial charge in [0, 0.05) is 25.4 Å². The van der Waals surface area contributed by atoms with Gasteiger partial charge in [-0.2, -0.15) is 0 Å². The zero-order chi connectivity index (χ0) is 14.3. The summed E-state index contributed by atoms with van der Waals surface area (Å²) >= 11 is 0. The lowest BCUT2D eigenvalue weighted by Gasteiger charge is -2.20. The van der Waals surface area contributed by atoms with E-state index in [1.165, 1.54) is 23.5 Å². The fourth-order valence-corrected chi connectivity index (χ4v) is 1.36. The molecule has 1 aliphatic rings. The third-order valence-corrected chi connectivity index (χ3v) is 2.14. The number of carbonyl (C=O) groups is 2. The first-order valence-corrected chi connectivity index (χ1v) is 6.14. The SMILES string of the molecule is CC(C)(C)OC(=O)NCCCN1C=COC=CC1=O. The fourth-order valence-electron chi connectivity index (χ4n) is 1.36. The predicted octanol–water partition coefficient (Wildman–Crippen LogP) is 1.74. The molecule has 6 heteroatoms. The van der Waals surface area contributed by atoms with Crippen LogP contribution in [-0.2, 0) is 14.3 Å². The minimum atomic E-state index is -0.504. The molecule has 0 aliphatic carbocycles. The van der Waals surface area contributed by atoms with Gasteiger partial charge >= 0.3 is 6.09 Å². The number of hydrogen-bond donors (Lipinski definition) is 1. The summed E-state index contributed by atoms with van der Waals surface area (Å²) in [4.78, 5) is 24.4. The van der Waals surface area contributed by atoms with Crippen molar-refractivity contribution < 1.29 is 19.1 Å². The smallest absolute Gasteiger partial charge is 0.407 e. The Balaban J connectivity index is 2.22. The van der Waals surface area contributed by atoms with Crippen molar-refractivity contribution >= 4 is 12.0 Å². The third-order valence-electron chi connectivity index (χ3n) is 2.14. The van der Waals surface area contributed by atoms with E-state index in [0.717, 1.165) is 0 Å². The lowest BCUT2D eigenvalue weighted by Crippen LogP contribution is -2.34. The Morgan fingerprint density at radius 3 is 2.84 bits per heavy atom. The largest absolute Gasteiger partial charge is 0.471 e. The van der Waals surface area contributed by atoms with Gasteiger partial charge < -0.3 is 19.7 Å². The first-order valence-electron chi connectivity index (χ1n) is 6.14. The maximum Gasteiger partial charge on any atom is 0.407 e. The van der Waals surface area contributed by atoms with E-state index in [0.29, 0.717) is 19.5 Å². The highest BCUT2D eigenvalue weighted by Gasteiger charge is 2.15. The zero-order valence-corrected chi connectivity index (χ0v) is 11.5. The summed E-state index contributed by atoms with van der Waals surface area (Å²) < 4.78 is 9.98. The highest BCUT2D eigenvalue weighted by molar-refractivity contribution is 5.88. The van der Waals surface area contributed by atoms with Crippen molar-refractivity contribution in [3.05, 3.63) is 24.8 Å². The fraction of sp³-hybridized carbons (Fsp3) is 0.538. The van der Waals surface area contributed by atoms with Crippen LogP contribution in [-0.4, -0.2) is 35.6 Å². The Labute approximate surface area is 113 Å².